The highest BCUT2D eigenvalue weighted by Gasteiger charge is 2.31. The van der Waals surface area contributed by atoms with Crippen LogP contribution in [0, 0.1) is 18.8 Å². The number of ether oxygens (including phenoxy) is 1. The Labute approximate surface area is 138 Å². The molecule has 4 nitrogen and oxygen atoms in total. The molecule has 2 aliphatic heterocycles. The van der Waals surface area contributed by atoms with E-state index < -0.39 is 0 Å². The highest BCUT2D eigenvalue weighted by atomic mass is 35.5. The Kier molecular flexibility index (Phi) is 5.70. The van der Waals surface area contributed by atoms with Crippen LogP contribution in [0.2, 0.25) is 0 Å². The predicted molar refractivity (Wildman–Crippen MR) is 90.0 cm³/mol. The van der Waals surface area contributed by atoms with Crippen molar-refractivity contribution in [3.8, 4) is 5.75 Å². The first kappa shape index (κ1) is 17.1. The van der Waals surface area contributed by atoms with E-state index in [0.29, 0.717) is 0 Å². The summed E-state index contributed by atoms with van der Waals surface area (Å²) in [4.78, 5) is 14.7. The quantitative estimate of drug-likeness (QED) is 0.909. The van der Waals surface area contributed by atoms with Gasteiger partial charge >= 0.3 is 0 Å². The molecule has 1 amide bonds. The minimum atomic E-state index is 0. The van der Waals surface area contributed by atoms with Crippen LogP contribution in [0.3, 0.4) is 0 Å². The minimum Gasteiger partial charge on any atom is -0.496 e. The van der Waals surface area contributed by atoms with E-state index in [1.54, 1.807) is 7.11 Å². The van der Waals surface area contributed by atoms with Crippen LogP contribution in [0.5, 0.6) is 5.75 Å². The molecule has 2 heterocycles. The maximum absolute atomic E-state index is 12.7. The molecule has 0 aliphatic carbocycles. The van der Waals surface area contributed by atoms with Crippen molar-refractivity contribution in [2.24, 2.45) is 11.8 Å². The average Bonchev–Trinajstić information content (AvgIpc) is 2.86. The molecular weight excluding hydrogens is 300 g/mol. The molecule has 1 aromatic carbocycles. The van der Waals surface area contributed by atoms with Gasteiger partial charge in [0.1, 0.15) is 5.75 Å². The largest absolute Gasteiger partial charge is 0.496 e. The van der Waals surface area contributed by atoms with Gasteiger partial charge in [-0.1, -0.05) is 6.07 Å². The van der Waals surface area contributed by atoms with Crippen molar-refractivity contribution in [2.75, 3.05) is 33.3 Å². The molecule has 122 valence electrons. The summed E-state index contributed by atoms with van der Waals surface area (Å²) in [5.74, 6) is 2.42. The van der Waals surface area contributed by atoms with Crippen molar-refractivity contribution in [2.45, 2.75) is 19.8 Å². The van der Waals surface area contributed by atoms with E-state index >= 15 is 0 Å². The number of likely N-dealkylation sites (tertiary alicyclic amines) is 1. The van der Waals surface area contributed by atoms with Crippen LogP contribution in [0.4, 0.5) is 0 Å². The number of carbonyl (C=O) groups is 1. The number of rotatable bonds is 2. The Bertz CT molecular complexity index is 521. The highest BCUT2D eigenvalue weighted by Crippen LogP contribution is 2.28. The Morgan fingerprint density at radius 2 is 1.86 bits per heavy atom. The predicted octanol–water partition coefficient (Wildman–Crippen LogP) is 2.50. The number of benzene rings is 1. The minimum absolute atomic E-state index is 0. The average molecular weight is 325 g/mol. The van der Waals surface area contributed by atoms with E-state index in [1.807, 2.05) is 30.0 Å². The number of nitrogens with zero attached hydrogens (tertiary/aromatic N) is 1. The number of aryl methyl sites for hydroxylation is 1. The molecule has 0 radical (unpaired) electrons. The summed E-state index contributed by atoms with van der Waals surface area (Å²) in [6.45, 7) is 5.97. The number of halogens is 1. The third-order valence-electron chi connectivity index (χ3n) is 4.96. The lowest BCUT2D eigenvalue weighted by Gasteiger charge is -2.21. The first-order valence-electron chi connectivity index (χ1n) is 7.83. The molecular formula is C17H25ClN2O2. The maximum Gasteiger partial charge on any atom is 0.253 e. The van der Waals surface area contributed by atoms with Gasteiger partial charge in [-0.3, -0.25) is 4.79 Å². The number of carbonyl (C=O) groups excluding carboxylic acids is 1. The Morgan fingerprint density at radius 1 is 1.23 bits per heavy atom. The molecule has 2 fully saturated rings. The summed E-state index contributed by atoms with van der Waals surface area (Å²) < 4.78 is 5.33. The number of methoxy groups -OCH3 is 1. The topological polar surface area (TPSA) is 41.6 Å². The van der Waals surface area contributed by atoms with Crippen molar-refractivity contribution in [1.82, 2.24) is 10.2 Å². The molecule has 0 aromatic heterocycles. The summed E-state index contributed by atoms with van der Waals surface area (Å²) in [6, 6.07) is 5.74. The van der Waals surface area contributed by atoms with Gasteiger partial charge in [0.15, 0.2) is 0 Å². The van der Waals surface area contributed by atoms with Crippen LogP contribution in [0.15, 0.2) is 18.2 Å². The summed E-state index contributed by atoms with van der Waals surface area (Å²) in [6.07, 6.45) is 2.23. The van der Waals surface area contributed by atoms with Gasteiger partial charge in [0, 0.05) is 18.7 Å². The van der Waals surface area contributed by atoms with Crippen LogP contribution < -0.4 is 10.1 Å². The molecule has 1 aromatic rings. The third kappa shape index (κ3) is 3.39. The van der Waals surface area contributed by atoms with Crippen molar-refractivity contribution >= 4 is 18.3 Å². The molecule has 2 aliphatic rings. The lowest BCUT2D eigenvalue weighted by molar-refractivity contribution is 0.0758. The molecule has 0 unspecified atom stereocenters. The Hall–Kier alpha value is -1.26. The standard InChI is InChI=1S/C17H24N2O2.ClH/c1-12-3-4-13(9-16(12)21-2)17(20)19-7-5-14-10-18-11-15(14)6-8-19;/h3-4,9,14-15,18H,5-8,10-11H2,1-2H3;1H/t14-,15+;. The monoisotopic (exact) mass is 324 g/mol. The van der Waals surface area contributed by atoms with Gasteiger partial charge in [0.05, 0.1) is 7.11 Å². The second-order valence-corrected chi connectivity index (χ2v) is 6.23. The maximum atomic E-state index is 12.7. The van der Waals surface area contributed by atoms with Crippen LogP contribution in [0.1, 0.15) is 28.8 Å². The van der Waals surface area contributed by atoms with E-state index in [4.69, 9.17) is 4.74 Å². The Balaban J connectivity index is 0.00000176. The fourth-order valence-electron chi connectivity index (χ4n) is 3.56. The molecule has 3 rings (SSSR count). The fourth-order valence-corrected chi connectivity index (χ4v) is 3.56. The lowest BCUT2D eigenvalue weighted by atomic mass is 9.92. The number of hydrogen-bond donors (Lipinski definition) is 1. The zero-order valence-corrected chi connectivity index (χ0v) is 14.1. The van der Waals surface area contributed by atoms with Crippen molar-refractivity contribution in [1.29, 1.82) is 0 Å². The van der Waals surface area contributed by atoms with Gasteiger partial charge in [-0.15, -0.1) is 12.4 Å². The van der Waals surface area contributed by atoms with Gasteiger partial charge in [0.2, 0.25) is 0 Å². The third-order valence-corrected chi connectivity index (χ3v) is 4.96. The van der Waals surface area contributed by atoms with Gasteiger partial charge in [-0.25, -0.2) is 0 Å². The number of fused-ring (bicyclic) bond motifs is 1. The van der Waals surface area contributed by atoms with Crippen LogP contribution in [0.25, 0.3) is 0 Å². The van der Waals surface area contributed by atoms with E-state index in [0.717, 1.165) is 67.7 Å². The summed E-state index contributed by atoms with van der Waals surface area (Å²) >= 11 is 0. The van der Waals surface area contributed by atoms with Gasteiger partial charge < -0.3 is 15.0 Å². The SMILES string of the molecule is COc1cc(C(=O)N2CC[C@@H]3CNC[C@@H]3CC2)ccc1C.Cl. The first-order valence-corrected chi connectivity index (χ1v) is 7.83. The molecule has 2 atom stereocenters. The van der Waals surface area contributed by atoms with Crippen molar-refractivity contribution in [3.05, 3.63) is 29.3 Å². The van der Waals surface area contributed by atoms with Crippen LogP contribution in [-0.4, -0.2) is 44.1 Å². The summed E-state index contributed by atoms with van der Waals surface area (Å²) in [5.41, 5.74) is 1.80. The molecule has 0 spiro atoms. The second-order valence-electron chi connectivity index (χ2n) is 6.23. The number of nitrogens with one attached hydrogen (secondary N) is 1. The van der Waals surface area contributed by atoms with Gasteiger partial charge in [0.25, 0.3) is 5.91 Å². The number of amides is 1. The molecule has 2 saturated heterocycles. The van der Waals surface area contributed by atoms with E-state index in [2.05, 4.69) is 5.32 Å². The van der Waals surface area contributed by atoms with E-state index in [1.165, 1.54) is 0 Å². The molecule has 22 heavy (non-hydrogen) atoms. The zero-order valence-electron chi connectivity index (χ0n) is 13.3. The van der Waals surface area contributed by atoms with Gasteiger partial charge in [-0.2, -0.15) is 0 Å². The molecule has 0 bridgehead atoms. The molecule has 1 N–H and O–H groups in total. The number of hydrogen-bond acceptors (Lipinski definition) is 3. The fraction of sp³-hybridized carbons (Fsp3) is 0.588. The smallest absolute Gasteiger partial charge is 0.253 e. The van der Waals surface area contributed by atoms with Crippen molar-refractivity contribution in [3.63, 3.8) is 0 Å². The van der Waals surface area contributed by atoms with Crippen LogP contribution >= 0.6 is 12.4 Å². The molecule has 5 heteroatoms. The molecule has 0 saturated carbocycles. The lowest BCUT2D eigenvalue weighted by Crippen LogP contribution is -2.32. The summed E-state index contributed by atoms with van der Waals surface area (Å²) in [5, 5.41) is 3.47. The van der Waals surface area contributed by atoms with Gasteiger partial charge in [-0.05, 0) is 62.4 Å². The summed E-state index contributed by atoms with van der Waals surface area (Å²) in [7, 11) is 1.65. The zero-order chi connectivity index (χ0) is 14.8. The Morgan fingerprint density at radius 3 is 2.45 bits per heavy atom. The van der Waals surface area contributed by atoms with Crippen LogP contribution in [-0.2, 0) is 0 Å². The second kappa shape index (κ2) is 7.34. The van der Waals surface area contributed by atoms with E-state index in [-0.39, 0.29) is 18.3 Å². The van der Waals surface area contributed by atoms with E-state index in [9.17, 15) is 4.79 Å². The normalized spacial score (nSPS) is 24.2. The highest BCUT2D eigenvalue weighted by molar-refractivity contribution is 5.94. The van der Waals surface area contributed by atoms with Crippen molar-refractivity contribution < 1.29 is 9.53 Å². The first-order chi connectivity index (χ1) is 10.2.